The molecule has 0 amide bonds. The third-order valence-electron chi connectivity index (χ3n) is 2.08. The molecular formula is C10H13N3. The molecule has 2 aromatic rings. The van der Waals surface area contributed by atoms with Crippen molar-refractivity contribution in [3.8, 4) is 0 Å². The first kappa shape index (κ1) is 8.10. The van der Waals surface area contributed by atoms with Gasteiger partial charge in [-0.15, -0.1) is 0 Å². The van der Waals surface area contributed by atoms with Crippen LogP contribution in [0.1, 0.15) is 5.56 Å². The van der Waals surface area contributed by atoms with Gasteiger partial charge in [0.2, 0.25) is 0 Å². The van der Waals surface area contributed by atoms with Crippen LogP contribution in [0.15, 0.2) is 36.9 Å². The fourth-order valence-corrected chi connectivity index (χ4v) is 1.38. The van der Waals surface area contributed by atoms with Crippen LogP contribution >= 0.6 is 0 Å². The standard InChI is InChI=1S/C10H13N3/c1-12-9-10(8-11-12)4-7-13-5-2-3-6-13/h2-3,5-6,8-9H,4,7H2,1H3. The van der Waals surface area contributed by atoms with E-state index < -0.39 is 0 Å². The van der Waals surface area contributed by atoms with Crippen LogP contribution in [0, 0.1) is 0 Å². The number of rotatable bonds is 3. The lowest BCUT2D eigenvalue weighted by atomic mass is 10.2. The predicted molar refractivity (Wildman–Crippen MR) is 51.3 cm³/mol. The Hall–Kier alpha value is -1.51. The van der Waals surface area contributed by atoms with Crippen molar-refractivity contribution in [2.45, 2.75) is 13.0 Å². The normalized spacial score (nSPS) is 10.5. The highest BCUT2D eigenvalue weighted by atomic mass is 15.2. The summed E-state index contributed by atoms with van der Waals surface area (Å²) in [5.41, 5.74) is 1.29. The van der Waals surface area contributed by atoms with Gasteiger partial charge in [0.25, 0.3) is 0 Å². The van der Waals surface area contributed by atoms with E-state index in [4.69, 9.17) is 0 Å². The Morgan fingerprint density at radius 1 is 1.31 bits per heavy atom. The smallest absolute Gasteiger partial charge is 0.0522 e. The molecule has 0 aromatic carbocycles. The van der Waals surface area contributed by atoms with Gasteiger partial charge in [-0.1, -0.05) is 0 Å². The minimum atomic E-state index is 1.03. The number of hydrogen-bond acceptors (Lipinski definition) is 1. The van der Waals surface area contributed by atoms with Crippen molar-refractivity contribution in [1.29, 1.82) is 0 Å². The van der Waals surface area contributed by atoms with Crippen LogP contribution in [-0.4, -0.2) is 14.3 Å². The molecule has 0 saturated heterocycles. The lowest BCUT2D eigenvalue weighted by molar-refractivity contribution is 0.700. The molecule has 2 aromatic heterocycles. The summed E-state index contributed by atoms with van der Waals surface area (Å²) < 4.78 is 4.01. The van der Waals surface area contributed by atoms with Crippen molar-refractivity contribution in [3.05, 3.63) is 42.5 Å². The summed E-state index contributed by atoms with van der Waals surface area (Å²) in [6, 6.07) is 4.09. The Morgan fingerprint density at radius 3 is 2.69 bits per heavy atom. The van der Waals surface area contributed by atoms with Crippen molar-refractivity contribution < 1.29 is 0 Å². The zero-order valence-electron chi connectivity index (χ0n) is 7.72. The molecular weight excluding hydrogens is 162 g/mol. The van der Waals surface area contributed by atoms with Crippen LogP contribution in [0.3, 0.4) is 0 Å². The largest absolute Gasteiger partial charge is 0.354 e. The first-order chi connectivity index (χ1) is 6.34. The average molecular weight is 175 g/mol. The highest BCUT2D eigenvalue weighted by Crippen LogP contribution is 2.00. The molecule has 0 N–H and O–H groups in total. The molecule has 0 saturated carbocycles. The average Bonchev–Trinajstić information content (AvgIpc) is 2.71. The molecule has 0 bridgehead atoms. The number of aryl methyl sites for hydroxylation is 3. The van der Waals surface area contributed by atoms with Gasteiger partial charge in [-0.25, -0.2) is 0 Å². The molecule has 0 spiro atoms. The maximum absolute atomic E-state index is 4.12. The van der Waals surface area contributed by atoms with E-state index >= 15 is 0 Å². The molecule has 3 nitrogen and oxygen atoms in total. The fourth-order valence-electron chi connectivity index (χ4n) is 1.38. The Morgan fingerprint density at radius 2 is 2.08 bits per heavy atom. The molecule has 0 atom stereocenters. The molecule has 0 fully saturated rings. The van der Waals surface area contributed by atoms with Gasteiger partial charge in [-0.3, -0.25) is 4.68 Å². The molecule has 0 aliphatic rings. The van der Waals surface area contributed by atoms with Crippen LogP contribution < -0.4 is 0 Å². The van der Waals surface area contributed by atoms with E-state index in [1.54, 1.807) is 0 Å². The Balaban J connectivity index is 1.93. The summed E-state index contributed by atoms with van der Waals surface area (Å²) in [5, 5.41) is 4.12. The summed E-state index contributed by atoms with van der Waals surface area (Å²) in [6.07, 6.45) is 9.18. The minimum Gasteiger partial charge on any atom is -0.354 e. The van der Waals surface area contributed by atoms with E-state index in [9.17, 15) is 0 Å². The highest BCUT2D eigenvalue weighted by Gasteiger charge is 1.95. The molecule has 2 rings (SSSR count). The fraction of sp³-hybridized carbons (Fsp3) is 0.300. The predicted octanol–water partition coefficient (Wildman–Crippen LogP) is 1.46. The zero-order chi connectivity index (χ0) is 9.10. The summed E-state index contributed by atoms with van der Waals surface area (Å²) >= 11 is 0. The van der Waals surface area contributed by atoms with Crippen LogP contribution in [0.5, 0.6) is 0 Å². The summed E-state index contributed by atoms with van der Waals surface area (Å²) in [4.78, 5) is 0. The van der Waals surface area contributed by atoms with E-state index in [1.807, 2.05) is 30.1 Å². The molecule has 68 valence electrons. The van der Waals surface area contributed by atoms with Crippen molar-refractivity contribution >= 4 is 0 Å². The second-order valence-corrected chi connectivity index (χ2v) is 3.19. The van der Waals surface area contributed by atoms with Gasteiger partial charge in [-0.2, -0.15) is 5.10 Å². The molecule has 0 aliphatic heterocycles. The Bertz CT molecular complexity index is 359. The lowest BCUT2D eigenvalue weighted by Crippen LogP contribution is -1.97. The number of aromatic nitrogens is 3. The first-order valence-electron chi connectivity index (χ1n) is 4.43. The van der Waals surface area contributed by atoms with E-state index in [0.29, 0.717) is 0 Å². The zero-order valence-corrected chi connectivity index (χ0v) is 7.72. The summed E-state index contributed by atoms with van der Waals surface area (Å²) in [7, 11) is 1.94. The van der Waals surface area contributed by atoms with Gasteiger partial charge in [0.15, 0.2) is 0 Å². The molecule has 13 heavy (non-hydrogen) atoms. The quantitative estimate of drug-likeness (QED) is 0.692. The van der Waals surface area contributed by atoms with E-state index in [0.717, 1.165) is 13.0 Å². The van der Waals surface area contributed by atoms with Gasteiger partial charge in [0.1, 0.15) is 0 Å². The third-order valence-corrected chi connectivity index (χ3v) is 2.08. The Kier molecular flexibility index (Phi) is 2.17. The van der Waals surface area contributed by atoms with Crippen molar-refractivity contribution in [2.75, 3.05) is 0 Å². The van der Waals surface area contributed by atoms with Crippen LogP contribution in [0.2, 0.25) is 0 Å². The molecule has 2 heterocycles. The number of hydrogen-bond donors (Lipinski definition) is 0. The molecule has 0 aliphatic carbocycles. The topological polar surface area (TPSA) is 22.8 Å². The van der Waals surface area contributed by atoms with E-state index in [1.165, 1.54) is 5.56 Å². The summed E-state index contributed by atoms with van der Waals surface area (Å²) in [5.74, 6) is 0. The van der Waals surface area contributed by atoms with Gasteiger partial charge in [0.05, 0.1) is 6.20 Å². The molecule has 0 radical (unpaired) electrons. The summed E-state index contributed by atoms with van der Waals surface area (Å²) in [6.45, 7) is 1.03. The van der Waals surface area contributed by atoms with Gasteiger partial charge in [-0.05, 0) is 24.1 Å². The maximum atomic E-state index is 4.12. The van der Waals surface area contributed by atoms with E-state index in [-0.39, 0.29) is 0 Å². The van der Waals surface area contributed by atoms with Crippen LogP contribution in [0.4, 0.5) is 0 Å². The minimum absolute atomic E-state index is 1.03. The second kappa shape index (κ2) is 3.47. The van der Waals surface area contributed by atoms with Gasteiger partial charge in [0, 0.05) is 32.2 Å². The molecule has 3 heteroatoms. The van der Waals surface area contributed by atoms with Crippen LogP contribution in [-0.2, 0) is 20.0 Å². The second-order valence-electron chi connectivity index (χ2n) is 3.19. The maximum Gasteiger partial charge on any atom is 0.0522 e. The monoisotopic (exact) mass is 175 g/mol. The van der Waals surface area contributed by atoms with E-state index in [2.05, 4.69) is 28.3 Å². The van der Waals surface area contributed by atoms with Crippen molar-refractivity contribution in [3.63, 3.8) is 0 Å². The van der Waals surface area contributed by atoms with Crippen molar-refractivity contribution in [1.82, 2.24) is 14.3 Å². The van der Waals surface area contributed by atoms with Crippen LogP contribution in [0.25, 0.3) is 0 Å². The highest BCUT2D eigenvalue weighted by molar-refractivity contribution is 5.04. The SMILES string of the molecule is Cn1cc(CCn2cccc2)cn1. The van der Waals surface area contributed by atoms with Crippen molar-refractivity contribution in [2.24, 2.45) is 7.05 Å². The number of nitrogens with zero attached hydrogens (tertiary/aromatic N) is 3. The first-order valence-corrected chi connectivity index (χ1v) is 4.43. The Labute approximate surface area is 77.6 Å². The van der Waals surface area contributed by atoms with Gasteiger partial charge < -0.3 is 4.57 Å². The van der Waals surface area contributed by atoms with Gasteiger partial charge >= 0.3 is 0 Å². The lowest BCUT2D eigenvalue weighted by Gasteiger charge is -1.99. The molecule has 0 unspecified atom stereocenters. The third kappa shape index (κ3) is 1.99.